The SMILES string of the molecule is Cc1ccccc1P(c1ccccc1C)[PH+]1C2CCCC1CCC2. The van der Waals surface area contributed by atoms with Crippen molar-refractivity contribution in [1.29, 1.82) is 0 Å². The first kappa shape index (κ1) is 16.8. The minimum atomic E-state index is -0.351. The average Bonchev–Trinajstić information content (AvgIpc) is 2.58. The molecule has 2 aromatic carbocycles. The fourth-order valence-corrected chi connectivity index (χ4v) is 17.3. The monoisotopic (exact) mass is 355 g/mol. The molecule has 0 nitrogen and oxygen atoms in total. The zero-order valence-corrected chi connectivity index (χ0v) is 16.9. The molecule has 0 N–H and O–H groups in total. The van der Waals surface area contributed by atoms with Crippen molar-refractivity contribution in [1.82, 2.24) is 0 Å². The standard InChI is InChI=1S/C22H28P2/c1-17-9-3-5-15-21(17)24(22-16-6-4-10-18(22)2)23-19-11-7-12-20(23)14-8-13-19/h3-6,9-10,15-16,19-20H,7-8,11-14H2,1-2H3/p+1. The van der Waals surface area contributed by atoms with Crippen molar-refractivity contribution < 1.29 is 0 Å². The van der Waals surface area contributed by atoms with E-state index in [4.69, 9.17) is 0 Å². The van der Waals surface area contributed by atoms with Crippen molar-refractivity contribution in [2.45, 2.75) is 63.7 Å². The quantitative estimate of drug-likeness (QED) is 0.595. The van der Waals surface area contributed by atoms with Crippen LogP contribution in [0.3, 0.4) is 0 Å². The Morgan fingerprint density at radius 1 is 0.708 bits per heavy atom. The molecule has 2 bridgehead atoms. The van der Waals surface area contributed by atoms with Gasteiger partial charge in [0.15, 0.2) is 0 Å². The summed E-state index contributed by atoms with van der Waals surface area (Å²) in [5, 5.41) is 3.38. The van der Waals surface area contributed by atoms with Crippen LogP contribution in [0.25, 0.3) is 0 Å². The molecule has 0 aliphatic carbocycles. The van der Waals surface area contributed by atoms with Gasteiger partial charge in [0.25, 0.3) is 0 Å². The Morgan fingerprint density at radius 2 is 1.12 bits per heavy atom. The van der Waals surface area contributed by atoms with Crippen LogP contribution in [0.2, 0.25) is 0 Å². The Kier molecular flexibility index (Phi) is 5.08. The van der Waals surface area contributed by atoms with Crippen LogP contribution in [0, 0.1) is 13.8 Å². The lowest BCUT2D eigenvalue weighted by molar-refractivity contribution is 0.481. The Morgan fingerprint density at radius 3 is 1.54 bits per heavy atom. The number of fused-ring (bicyclic) bond motifs is 2. The van der Waals surface area contributed by atoms with Gasteiger partial charge in [-0.2, -0.15) is 0 Å². The lowest BCUT2D eigenvalue weighted by Crippen LogP contribution is -2.29. The lowest BCUT2D eigenvalue weighted by Gasteiger charge is -2.41. The molecule has 0 unspecified atom stereocenters. The maximum absolute atomic E-state index is 2.45. The maximum atomic E-state index is 2.45. The third-order valence-electron chi connectivity index (χ3n) is 6.02. The van der Waals surface area contributed by atoms with Crippen molar-refractivity contribution in [3.05, 3.63) is 59.7 Å². The summed E-state index contributed by atoms with van der Waals surface area (Å²) in [6, 6.07) is 18.6. The van der Waals surface area contributed by atoms with E-state index >= 15 is 0 Å². The van der Waals surface area contributed by atoms with Gasteiger partial charge in [0.2, 0.25) is 0 Å². The Bertz CT molecular complexity index is 641. The van der Waals surface area contributed by atoms with Crippen molar-refractivity contribution >= 4 is 25.8 Å². The first-order valence-corrected chi connectivity index (χ1v) is 13.4. The van der Waals surface area contributed by atoms with Crippen LogP contribution in [-0.4, -0.2) is 11.3 Å². The molecule has 2 aliphatic heterocycles. The third kappa shape index (κ3) is 3.09. The molecule has 0 radical (unpaired) electrons. The van der Waals surface area contributed by atoms with Crippen LogP contribution in [-0.2, 0) is 0 Å². The minimum Gasteiger partial charge on any atom is -0.0620 e. The molecule has 0 amide bonds. The molecule has 126 valence electrons. The summed E-state index contributed by atoms with van der Waals surface area (Å²) < 4.78 is 0. The van der Waals surface area contributed by atoms with Gasteiger partial charge in [-0.05, 0) is 63.5 Å². The molecule has 4 rings (SSSR count). The lowest BCUT2D eigenvalue weighted by atomic mass is 9.99. The van der Waals surface area contributed by atoms with Gasteiger partial charge in [0.05, 0.1) is 11.3 Å². The summed E-state index contributed by atoms with van der Waals surface area (Å²) >= 11 is 0. The van der Waals surface area contributed by atoms with E-state index < -0.39 is 0 Å². The first-order chi connectivity index (χ1) is 11.8. The molecule has 0 atom stereocenters. The number of rotatable bonds is 3. The van der Waals surface area contributed by atoms with Gasteiger partial charge in [0, 0.05) is 18.2 Å². The average molecular weight is 355 g/mol. The summed E-state index contributed by atoms with van der Waals surface area (Å²) in [6.07, 6.45) is 9.05. The highest BCUT2D eigenvalue weighted by molar-refractivity contribution is 8.36. The summed E-state index contributed by atoms with van der Waals surface area (Å²) in [5.74, 6) is 0. The molecule has 2 heterocycles. The van der Waals surface area contributed by atoms with Crippen LogP contribution in [0.1, 0.15) is 49.7 Å². The third-order valence-corrected chi connectivity index (χ3v) is 16.5. The Hall–Kier alpha value is -0.700. The van der Waals surface area contributed by atoms with Crippen LogP contribution in [0.15, 0.2) is 48.5 Å². The summed E-state index contributed by atoms with van der Waals surface area (Å²) in [6.45, 7) is 4.67. The molecule has 2 heteroatoms. The van der Waals surface area contributed by atoms with E-state index in [1.807, 2.05) is 0 Å². The fourth-order valence-electron chi connectivity index (χ4n) is 4.84. The second kappa shape index (κ2) is 7.27. The van der Waals surface area contributed by atoms with Crippen molar-refractivity contribution in [3.8, 4) is 0 Å². The smallest absolute Gasteiger partial charge is 0.0620 e. The van der Waals surface area contributed by atoms with Crippen LogP contribution in [0.4, 0.5) is 0 Å². The zero-order chi connectivity index (χ0) is 16.5. The van der Waals surface area contributed by atoms with E-state index in [1.54, 1.807) is 10.6 Å². The number of hydrogen-bond acceptors (Lipinski definition) is 0. The highest BCUT2D eigenvalue weighted by atomic mass is 32.1. The van der Waals surface area contributed by atoms with Gasteiger partial charge in [-0.1, -0.05) is 48.5 Å². The minimum absolute atomic E-state index is 0.142. The maximum Gasteiger partial charge on any atom is 0.117 e. The molecule has 0 spiro atoms. The summed E-state index contributed by atoms with van der Waals surface area (Å²) in [4.78, 5) is 0. The van der Waals surface area contributed by atoms with E-state index in [1.165, 1.54) is 49.7 Å². The molecule has 24 heavy (non-hydrogen) atoms. The van der Waals surface area contributed by atoms with Crippen molar-refractivity contribution in [3.63, 3.8) is 0 Å². The number of benzene rings is 2. The Balaban J connectivity index is 1.85. The number of aryl methyl sites for hydroxylation is 2. The number of hydrogen-bond donors (Lipinski definition) is 0. The summed E-state index contributed by atoms with van der Waals surface area (Å²) in [7, 11) is -0.493. The molecule has 2 fully saturated rings. The Labute approximate surface area is 149 Å². The molecule has 2 aliphatic rings. The van der Waals surface area contributed by atoms with E-state index in [0.29, 0.717) is 0 Å². The van der Waals surface area contributed by atoms with Gasteiger partial charge >= 0.3 is 0 Å². The van der Waals surface area contributed by atoms with Gasteiger partial charge in [-0.15, -0.1) is 0 Å². The van der Waals surface area contributed by atoms with E-state index in [2.05, 4.69) is 62.4 Å². The molecule has 2 aromatic rings. The van der Waals surface area contributed by atoms with Crippen molar-refractivity contribution in [2.24, 2.45) is 0 Å². The summed E-state index contributed by atoms with van der Waals surface area (Å²) in [5.41, 5.74) is 5.17. The van der Waals surface area contributed by atoms with Crippen LogP contribution >= 0.6 is 15.2 Å². The molecular formula is C22H29P2+. The molecule has 2 saturated heterocycles. The van der Waals surface area contributed by atoms with Gasteiger partial charge in [-0.3, -0.25) is 0 Å². The van der Waals surface area contributed by atoms with Crippen LogP contribution < -0.4 is 10.6 Å². The van der Waals surface area contributed by atoms with Gasteiger partial charge in [-0.25, -0.2) is 0 Å². The van der Waals surface area contributed by atoms with Gasteiger partial charge < -0.3 is 0 Å². The van der Waals surface area contributed by atoms with E-state index in [9.17, 15) is 0 Å². The predicted octanol–water partition coefficient (Wildman–Crippen LogP) is 5.97. The van der Waals surface area contributed by atoms with Crippen LogP contribution in [0.5, 0.6) is 0 Å². The fraction of sp³-hybridized carbons (Fsp3) is 0.455. The highest BCUT2D eigenvalue weighted by Crippen LogP contribution is 2.78. The molecule has 0 saturated carbocycles. The second-order valence-corrected chi connectivity index (χ2v) is 14.6. The van der Waals surface area contributed by atoms with Crippen molar-refractivity contribution in [2.75, 3.05) is 0 Å². The van der Waals surface area contributed by atoms with Gasteiger partial charge in [0.1, 0.15) is 7.61 Å². The first-order valence-electron chi connectivity index (χ1n) is 9.54. The highest BCUT2D eigenvalue weighted by Gasteiger charge is 2.49. The molecule has 0 aromatic heterocycles. The zero-order valence-electron chi connectivity index (χ0n) is 15.0. The normalized spacial score (nSPS) is 26.5. The predicted molar refractivity (Wildman–Crippen MR) is 112 cm³/mol. The largest absolute Gasteiger partial charge is 0.117 e. The van der Waals surface area contributed by atoms with E-state index in [-0.39, 0.29) is 15.2 Å². The topological polar surface area (TPSA) is 0 Å². The molecular weight excluding hydrogens is 326 g/mol. The second-order valence-electron chi connectivity index (χ2n) is 7.59. The van der Waals surface area contributed by atoms with E-state index in [0.717, 1.165) is 11.3 Å².